The van der Waals surface area contributed by atoms with Crippen molar-refractivity contribution in [2.45, 2.75) is 19.0 Å². The van der Waals surface area contributed by atoms with E-state index in [0.717, 1.165) is 36.9 Å². The lowest BCUT2D eigenvalue weighted by atomic mass is 10.1. The Morgan fingerprint density at radius 3 is 2.77 bits per heavy atom. The Kier molecular flexibility index (Phi) is 5.81. The van der Waals surface area contributed by atoms with Crippen molar-refractivity contribution >= 4 is 24.8 Å². The smallest absolute Gasteiger partial charge is 0.257 e. The Hall–Kier alpha value is -1.14. The number of likely N-dealkylation sites (tertiary alicyclic amines) is 1. The predicted octanol–water partition coefficient (Wildman–Crippen LogP) is 2.37. The van der Waals surface area contributed by atoms with E-state index in [0.29, 0.717) is 11.9 Å². The van der Waals surface area contributed by atoms with Crippen LogP contribution in [0, 0.1) is 5.92 Å². The first-order valence-corrected chi connectivity index (χ1v) is 7.22. The molecule has 22 heavy (non-hydrogen) atoms. The molecule has 1 aromatic carbocycles. The van der Waals surface area contributed by atoms with Crippen LogP contribution in [0.25, 0.3) is 11.5 Å². The molecule has 0 spiro atoms. The highest BCUT2D eigenvalue weighted by Gasteiger charge is 2.36. The lowest BCUT2D eigenvalue weighted by Gasteiger charge is -2.13. The minimum absolute atomic E-state index is 0. The summed E-state index contributed by atoms with van der Waals surface area (Å²) >= 11 is 0. The van der Waals surface area contributed by atoms with Crippen LogP contribution in [0.1, 0.15) is 12.2 Å². The molecule has 3 heterocycles. The van der Waals surface area contributed by atoms with Crippen molar-refractivity contribution in [3.63, 3.8) is 0 Å². The van der Waals surface area contributed by atoms with Gasteiger partial charge in [-0.05, 0) is 31.0 Å². The van der Waals surface area contributed by atoms with Crippen LogP contribution in [0.3, 0.4) is 0 Å². The van der Waals surface area contributed by atoms with E-state index in [1.165, 1.54) is 13.0 Å². The van der Waals surface area contributed by atoms with E-state index in [4.69, 9.17) is 4.52 Å². The van der Waals surface area contributed by atoms with Gasteiger partial charge in [0.05, 0.1) is 6.54 Å². The van der Waals surface area contributed by atoms with Gasteiger partial charge in [0, 0.05) is 24.7 Å². The van der Waals surface area contributed by atoms with Gasteiger partial charge in [-0.1, -0.05) is 23.4 Å². The lowest BCUT2D eigenvalue weighted by Crippen LogP contribution is -2.30. The first-order chi connectivity index (χ1) is 9.88. The van der Waals surface area contributed by atoms with Crippen molar-refractivity contribution in [1.82, 2.24) is 20.4 Å². The fraction of sp³-hybridized carbons (Fsp3) is 0.467. The summed E-state index contributed by atoms with van der Waals surface area (Å²) in [5, 5.41) is 7.66. The third-order valence-electron chi connectivity index (χ3n) is 4.29. The molecule has 2 aliphatic heterocycles. The molecule has 120 valence electrons. The number of nitrogens with zero attached hydrogens (tertiary/aromatic N) is 3. The van der Waals surface area contributed by atoms with Crippen molar-refractivity contribution in [3.05, 3.63) is 36.2 Å². The first kappa shape index (κ1) is 17.2. The molecular formula is C15H20Cl2N4O. The molecule has 7 heteroatoms. The summed E-state index contributed by atoms with van der Waals surface area (Å²) in [4.78, 5) is 6.92. The standard InChI is InChI=1S/C15H18N4O.2ClH/c1-2-4-11(5-3-1)15-17-14(18-20-15)10-19-8-12-6-7-16-13(12)9-19;;/h1-5,12-13,16H,6-10H2;2*1H/t12-,13+;;/m0../s1. The number of hydrogen-bond donors (Lipinski definition) is 1. The maximum Gasteiger partial charge on any atom is 0.257 e. The molecule has 5 nitrogen and oxygen atoms in total. The second kappa shape index (κ2) is 7.42. The molecule has 2 aromatic rings. The van der Waals surface area contributed by atoms with Crippen LogP contribution in [0.5, 0.6) is 0 Å². The maximum atomic E-state index is 5.35. The Morgan fingerprint density at radius 2 is 2.00 bits per heavy atom. The average Bonchev–Trinajstić information content (AvgIpc) is 3.16. The number of halogens is 2. The second-order valence-electron chi connectivity index (χ2n) is 5.69. The van der Waals surface area contributed by atoms with Gasteiger partial charge in [0.15, 0.2) is 5.82 Å². The summed E-state index contributed by atoms with van der Waals surface area (Å²) in [5.74, 6) is 2.19. The third kappa shape index (κ3) is 3.43. The highest BCUT2D eigenvalue weighted by molar-refractivity contribution is 5.85. The molecule has 2 saturated heterocycles. The average molecular weight is 343 g/mol. The van der Waals surface area contributed by atoms with Gasteiger partial charge in [-0.15, -0.1) is 24.8 Å². The Morgan fingerprint density at radius 1 is 1.18 bits per heavy atom. The Balaban J connectivity index is 0.000000882. The minimum Gasteiger partial charge on any atom is -0.334 e. The monoisotopic (exact) mass is 342 g/mol. The number of nitrogens with one attached hydrogen (secondary N) is 1. The van der Waals surface area contributed by atoms with E-state index in [1.54, 1.807) is 0 Å². The molecule has 2 aliphatic rings. The number of hydrogen-bond acceptors (Lipinski definition) is 5. The van der Waals surface area contributed by atoms with E-state index in [-0.39, 0.29) is 24.8 Å². The molecule has 0 radical (unpaired) electrons. The molecule has 4 rings (SSSR count). The zero-order valence-electron chi connectivity index (χ0n) is 12.1. The zero-order chi connectivity index (χ0) is 13.4. The van der Waals surface area contributed by atoms with Crippen molar-refractivity contribution in [3.8, 4) is 11.5 Å². The molecule has 0 saturated carbocycles. The topological polar surface area (TPSA) is 54.2 Å². The van der Waals surface area contributed by atoms with E-state index >= 15 is 0 Å². The van der Waals surface area contributed by atoms with Crippen LogP contribution >= 0.6 is 24.8 Å². The quantitative estimate of drug-likeness (QED) is 0.927. The van der Waals surface area contributed by atoms with Crippen molar-refractivity contribution in [2.75, 3.05) is 19.6 Å². The van der Waals surface area contributed by atoms with Crippen LogP contribution in [0.4, 0.5) is 0 Å². The summed E-state index contributed by atoms with van der Waals surface area (Å²) in [6, 6.07) is 10.6. The van der Waals surface area contributed by atoms with Gasteiger partial charge in [-0.25, -0.2) is 0 Å². The number of benzene rings is 1. The van der Waals surface area contributed by atoms with Crippen molar-refractivity contribution < 1.29 is 4.52 Å². The highest BCUT2D eigenvalue weighted by Crippen LogP contribution is 2.25. The number of fused-ring (bicyclic) bond motifs is 1. The van der Waals surface area contributed by atoms with Gasteiger partial charge in [0.2, 0.25) is 0 Å². The number of aromatic nitrogens is 2. The van der Waals surface area contributed by atoms with E-state index in [2.05, 4.69) is 20.4 Å². The van der Waals surface area contributed by atoms with Crippen molar-refractivity contribution in [2.24, 2.45) is 5.92 Å². The van der Waals surface area contributed by atoms with Crippen LogP contribution in [-0.4, -0.2) is 40.7 Å². The molecule has 0 unspecified atom stereocenters. The lowest BCUT2D eigenvalue weighted by molar-refractivity contribution is 0.292. The van der Waals surface area contributed by atoms with E-state index < -0.39 is 0 Å². The summed E-state index contributed by atoms with van der Waals surface area (Å²) < 4.78 is 5.35. The minimum atomic E-state index is 0. The normalized spacial score (nSPS) is 23.6. The van der Waals surface area contributed by atoms with Gasteiger partial charge >= 0.3 is 0 Å². The Bertz CT molecular complexity index is 580. The number of rotatable bonds is 3. The summed E-state index contributed by atoms with van der Waals surface area (Å²) in [6.45, 7) is 4.20. The molecule has 2 atom stereocenters. The zero-order valence-corrected chi connectivity index (χ0v) is 13.8. The fourth-order valence-electron chi connectivity index (χ4n) is 3.28. The fourth-order valence-corrected chi connectivity index (χ4v) is 3.28. The molecule has 1 aromatic heterocycles. The molecule has 1 N–H and O–H groups in total. The van der Waals surface area contributed by atoms with Gasteiger partial charge < -0.3 is 9.84 Å². The molecular weight excluding hydrogens is 323 g/mol. The van der Waals surface area contributed by atoms with Crippen LogP contribution in [-0.2, 0) is 6.54 Å². The highest BCUT2D eigenvalue weighted by atomic mass is 35.5. The first-order valence-electron chi connectivity index (χ1n) is 7.22. The second-order valence-corrected chi connectivity index (χ2v) is 5.69. The van der Waals surface area contributed by atoms with Gasteiger partial charge in [-0.3, -0.25) is 4.90 Å². The van der Waals surface area contributed by atoms with E-state index in [1.807, 2.05) is 30.3 Å². The largest absolute Gasteiger partial charge is 0.334 e. The SMILES string of the molecule is Cl.Cl.c1ccc(-c2nc(CN3C[C@@H]4CCN[C@@H]4C3)no2)cc1. The van der Waals surface area contributed by atoms with E-state index in [9.17, 15) is 0 Å². The van der Waals surface area contributed by atoms with Crippen LogP contribution in [0.15, 0.2) is 34.9 Å². The predicted molar refractivity (Wildman–Crippen MR) is 89.4 cm³/mol. The van der Waals surface area contributed by atoms with Crippen LogP contribution in [0.2, 0.25) is 0 Å². The molecule has 0 bridgehead atoms. The van der Waals surface area contributed by atoms with Crippen molar-refractivity contribution in [1.29, 1.82) is 0 Å². The maximum absolute atomic E-state index is 5.35. The van der Waals surface area contributed by atoms with Crippen LogP contribution < -0.4 is 5.32 Å². The van der Waals surface area contributed by atoms with Gasteiger partial charge in [-0.2, -0.15) is 4.98 Å². The molecule has 0 amide bonds. The Labute approximate surface area is 142 Å². The van der Waals surface area contributed by atoms with Gasteiger partial charge in [0.1, 0.15) is 0 Å². The summed E-state index contributed by atoms with van der Waals surface area (Å²) in [7, 11) is 0. The summed E-state index contributed by atoms with van der Waals surface area (Å²) in [6.07, 6.45) is 1.29. The third-order valence-corrected chi connectivity index (χ3v) is 4.29. The summed E-state index contributed by atoms with van der Waals surface area (Å²) in [5.41, 5.74) is 0.978. The molecule has 0 aliphatic carbocycles. The molecule has 2 fully saturated rings. The van der Waals surface area contributed by atoms with Gasteiger partial charge in [0.25, 0.3) is 5.89 Å².